The second-order valence-corrected chi connectivity index (χ2v) is 8.91. The number of ether oxygens (including phenoxy) is 1. The fourth-order valence-electron chi connectivity index (χ4n) is 4.46. The molecule has 0 bridgehead atoms. The molecule has 1 unspecified atom stereocenters. The fourth-order valence-corrected chi connectivity index (χ4v) is 4.46. The van der Waals surface area contributed by atoms with Crippen LogP contribution in [0.25, 0.3) is 11.0 Å². The summed E-state index contributed by atoms with van der Waals surface area (Å²) in [7, 11) is 0. The summed E-state index contributed by atoms with van der Waals surface area (Å²) in [5, 5.41) is 5.32. The SMILES string of the molecule is CC(C)n1ncc2c(C(=O)N3CCN(C(=O)C4CCCO4)CC3)cc(C3CC3)nc21. The summed E-state index contributed by atoms with van der Waals surface area (Å²) in [6, 6.07) is 2.15. The average molecular weight is 412 g/mol. The van der Waals surface area contributed by atoms with E-state index in [4.69, 9.17) is 9.72 Å². The molecule has 1 aliphatic carbocycles. The summed E-state index contributed by atoms with van der Waals surface area (Å²) in [5.41, 5.74) is 2.48. The Morgan fingerprint density at radius 2 is 1.83 bits per heavy atom. The summed E-state index contributed by atoms with van der Waals surface area (Å²) in [5.74, 6) is 0.536. The molecule has 30 heavy (non-hydrogen) atoms. The summed E-state index contributed by atoms with van der Waals surface area (Å²) < 4.78 is 7.43. The smallest absolute Gasteiger partial charge is 0.254 e. The largest absolute Gasteiger partial charge is 0.368 e. The molecule has 5 rings (SSSR count). The van der Waals surface area contributed by atoms with E-state index in [2.05, 4.69) is 18.9 Å². The summed E-state index contributed by atoms with van der Waals surface area (Å²) in [4.78, 5) is 34.6. The maximum absolute atomic E-state index is 13.5. The first kappa shape index (κ1) is 19.5. The third-order valence-corrected chi connectivity index (χ3v) is 6.39. The average Bonchev–Trinajstić information content (AvgIpc) is 3.28. The number of rotatable bonds is 4. The Kier molecular flexibility index (Phi) is 4.97. The number of hydrogen-bond acceptors (Lipinski definition) is 5. The van der Waals surface area contributed by atoms with Crippen LogP contribution in [0.2, 0.25) is 0 Å². The molecular weight excluding hydrogens is 382 g/mol. The van der Waals surface area contributed by atoms with Gasteiger partial charge < -0.3 is 14.5 Å². The Labute approximate surface area is 176 Å². The van der Waals surface area contributed by atoms with Gasteiger partial charge >= 0.3 is 0 Å². The van der Waals surface area contributed by atoms with Gasteiger partial charge in [-0.1, -0.05) is 0 Å². The van der Waals surface area contributed by atoms with Gasteiger partial charge in [-0.2, -0.15) is 5.10 Å². The number of carbonyl (C=O) groups is 2. The predicted octanol–water partition coefficient (Wildman–Crippen LogP) is 2.35. The monoisotopic (exact) mass is 411 g/mol. The first-order valence-electron chi connectivity index (χ1n) is 11.1. The van der Waals surface area contributed by atoms with Crippen molar-refractivity contribution in [2.24, 2.45) is 0 Å². The molecule has 2 aliphatic heterocycles. The van der Waals surface area contributed by atoms with Gasteiger partial charge in [0.2, 0.25) is 0 Å². The van der Waals surface area contributed by atoms with Crippen LogP contribution in [0, 0.1) is 0 Å². The molecule has 0 aromatic carbocycles. The molecular formula is C22H29N5O3. The molecule has 8 nitrogen and oxygen atoms in total. The maximum atomic E-state index is 13.5. The number of carbonyl (C=O) groups excluding carboxylic acids is 2. The fraction of sp³-hybridized carbons (Fsp3) is 0.636. The van der Waals surface area contributed by atoms with Crippen molar-refractivity contribution >= 4 is 22.8 Å². The van der Waals surface area contributed by atoms with E-state index in [0.717, 1.165) is 42.4 Å². The zero-order valence-corrected chi connectivity index (χ0v) is 17.7. The van der Waals surface area contributed by atoms with Gasteiger partial charge in [-0.15, -0.1) is 0 Å². The summed E-state index contributed by atoms with van der Waals surface area (Å²) in [6.45, 7) is 7.00. The van der Waals surface area contributed by atoms with Gasteiger partial charge in [-0.3, -0.25) is 9.59 Å². The van der Waals surface area contributed by atoms with Crippen LogP contribution in [0.3, 0.4) is 0 Å². The molecule has 4 heterocycles. The van der Waals surface area contributed by atoms with Gasteiger partial charge in [0.25, 0.3) is 11.8 Å². The molecule has 1 saturated carbocycles. The number of piperazine rings is 1. The van der Waals surface area contributed by atoms with Crippen LogP contribution < -0.4 is 0 Å². The van der Waals surface area contributed by atoms with Crippen LogP contribution in [0.5, 0.6) is 0 Å². The molecule has 3 aliphatic rings. The first-order chi connectivity index (χ1) is 14.5. The highest BCUT2D eigenvalue weighted by Crippen LogP contribution is 2.40. The molecule has 2 aromatic heterocycles. The quantitative estimate of drug-likeness (QED) is 0.772. The van der Waals surface area contributed by atoms with Crippen LogP contribution in [0.4, 0.5) is 0 Å². The number of aromatic nitrogens is 3. The molecule has 2 amide bonds. The van der Waals surface area contributed by atoms with Crippen molar-refractivity contribution < 1.29 is 14.3 Å². The number of nitrogens with zero attached hydrogens (tertiary/aromatic N) is 5. The molecule has 8 heteroatoms. The minimum atomic E-state index is -0.296. The second kappa shape index (κ2) is 7.65. The van der Waals surface area contributed by atoms with E-state index in [1.54, 1.807) is 6.20 Å². The van der Waals surface area contributed by atoms with Crippen molar-refractivity contribution in [3.63, 3.8) is 0 Å². The topological polar surface area (TPSA) is 80.6 Å². The molecule has 1 atom stereocenters. The van der Waals surface area contributed by atoms with E-state index in [-0.39, 0.29) is 24.0 Å². The highest BCUT2D eigenvalue weighted by Gasteiger charge is 2.33. The third kappa shape index (κ3) is 3.47. The van der Waals surface area contributed by atoms with Gasteiger partial charge in [0.15, 0.2) is 5.65 Å². The van der Waals surface area contributed by atoms with Crippen LogP contribution in [-0.2, 0) is 9.53 Å². The lowest BCUT2D eigenvalue weighted by Gasteiger charge is -2.35. The lowest BCUT2D eigenvalue weighted by atomic mass is 10.1. The second-order valence-electron chi connectivity index (χ2n) is 8.91. The van der Waals surface area contributed by atoms with Crippen LogP contribution in [-0.4, -0.2) is 75.3 Å². The summed E-state index contributed by atoms with van der Waals surface area (Å²) >= 11 is 0. The van der Waals surface area contributed by atoms with Gasteiger partial charge in [-0.25, -0.2) is 9.67 Å². The van der Waals surface area contributed by atoms with Crippen LogP contribution in [0.15, 0.2) is 12.3 Å². The summed E-state index contributed by atoms with van der Waals surface area (Å²) in [6.07, 6.45) is 5.48. The first-order valence-corrected chi connectivity index (χ1v) is 11.1. The van der Waals surface area contributed by atoms with Crippen molar-refractivity contribution in [1.29, 1.82) is 0 Å². The predicted molar refractivity (Wildman–Crippen MR) is 111 cm³/mol. The third-order valence-electron chi connectivity index (χ3n) is 6.39. The molecule has 2 aromatic rings. The van der Waals surface area contributed by atoms with E-state index < -0.39 is 0 Å². The molecule has 0 spiro atoms. The van der Waals surface area contributed by atoms with Gasteiger partial charge in [0, 0.05) is 50.4 Å². The number of amides is 2. The molecule has 2 saturated heterocycles. The highest BCUT2D eigenvalue weighted by atomic mass is 16.5. The zero-order chi connectivity index (χ0) is 20.8. The Balaban J connectivity index is 1.37. The van der Waals surface area contributed by atoms with Gasteiger partial charge in [0.05, 0.1) is 17.1 Å². The van der Waals surface area contributed by atoms with Crippen LogP contribution in [0.1, 0.15) is 67.5 Å². The van der Waals surface area contributed by atoms with E-state index >= 15 is 0 Å². The van der Waals surface area contributed by atoms with E-state index in [1.165, 1.54) is 0 Å². The Morgan fingerprint density at radius 1 is 1.10 bits per heavy atom. The number of fused-ring (bicyclic) bond motifs is 1. The van der Waals surface area contributed by atoms with Gasteiger partial charge in [-0.05, 0) is 45.6 Å². The van der Waals surface area contributed by atoms with E-state index in [1.807, 2.05) is 20.5 Å². The van der Waals surface area contributed by atoms with E-state index in [9.17, 15) is 9.59 Å². The van der Waals surface area contributed by atoms with Crippen molar-refractivity contribution in [3.8, 4) is 0 Å². The van der Waals surface area contributed by atoms with Crippen molar-refractivity contribution in [2.45, 2.75) is 57.6 Å². The maximum Gasteiger partial charge on any atom is 0.254 e. The zero-order valence-electron chi connectivity index (χ0n) is 17.7. The lowest BCUT2D eigenvalue weighted by Crippen LogP contribution is -2.52. The molecule has 3 fully saturated rings. The van der Waals surface area contributed by atoms with Crippen molar-refractivity contribution in [2.75, 3.05) is 32.8 Å². The lowest BCUT2D eigenvalue weighted by molar-refractivity contribution is -0.142. The minimum absolute atomic E-state index is 0.0109. The molecule has 0 radical (unpaired) electrons. The number of pyridine rings is 1. The van der Waals surface area contributed by atoms with E-state index in [0.29, 0.717) is 44.3 Å². The Bertz CT molecular complexity index is 967. The molecule has 0 N–H and O–H groups in total. The van der Waals surface area contributed by atoms with Crippen molar-refractivity contribution in [3.05, 3.63) is 23.5 Å². The standard InChI is InChI=1S/C22H29N5O3/c1-14(2)27-20-17(13-23-27)16(12-18(24-20)15-5-6-15)21(28)25-7-9-26(10-8-25)22(29)19-4-3-11-30-19/h12-15,19H,3-11H2,1-2H3. The Hall–Kier alpha value is -2.48. The van der Waals surface area contributed by atoms with Crippen LogP contribution >= 0.6 is 0 Å². The van der Waals surface area contributed by atoms with Crippen molar-refractivity contribution in [1.82, 2.24) is 24.6 Å². The highest BCUT2D eigenvalue weighted by molar-refractivity contribution is 6.05. The number of hydrogen-bond donors (Lipinski definition) is 0. The Morgan fingerprint density at radius 3 is 2.47 bits per heavy atom. The van der Waals surface area contributed by atoms with Gasteiger partial charge in [0.1, 0.15) is 6.10 Å². The normalized spacial score (nSPS) is 22.3. The minimum Gasteiger partial charge on any atom is -0.368 e. The molecule has 160 valence electrons.